The minimum atomic E-state index is 0.820. The molecule has 18 heavy (non-hydrogen) atoms. The molecule has 0 unspecified atom stereocenters. The number of nitrogens with zero attached hydrogens (tertiary/aromatic N) is 3. The average molecular weight is 243 g/mol. The fourth-order valence-electron chi connectivity index (χ4n) is 1.55. The Morgan fingerprint density at radius 2 is 1.94 bits per heavy atom. The monoisotopic (exact) mass is 243 g/mol. The van der Waals surface area contributed by atoms with Gasteiger partial charge in [-0.1, -0.05) is 0 Å². The molecule has 0 atom stereocenters. The van der Waals surface area contributed by atoms with Crippen LogP contribution in [0.25, 0.3) is 0 Å². The highest BCUT2D eigenvalue weighted by Crippen LogP contribution is 2.19. The first-order chi connectivity index (χ1) is 8.70. The van der Waals surface area contributed by atoms with Crippen LogP contribution in [0.3, 0.4) is 0 Å². The Bertz CT molecular complexity index is 521. The van der Waals surface area contributed by atoms with Crippen molar-refractivity contribution in [3.8, 4) is 0 Å². The summed E-state index contributed by atoms with van der Waals surface area (Å²) < 4.78 is 0. The second kappa shape index (κ2) is 5.44. The van der Waals surface area contributed by atoms with Gasteiger partial charge in [0.15, 0.2) is 0 Å². The molecule has 94 valence electrons. The van der Waals surface area contributed by atoms with Crippen molar-refractivity contribution in [2.45, 2.75) is 20.8 Å². The van der Waals surface area contributed by atoms with E-state index in [4.69, 9.17) is 0 Å². The molecule has 0 saturated heterocycles. The maximum Gasteiger partial charge on any atom is 0.136 e. The van der Waals surface area contributed by atoms with E-state index in [1.54, 1.807) is 12.5 Å². The Labute approximate surface area is 107 Å². The van der Waals surface area contributed by atoms with E-state index in [1.807, 2.05) is 32.9 Å². The average Bonchev–Trinajstić information content (AvgIpc) is 2.38. The molecule has 2 aromatic rings. The van der Waals surface area contributed by atoms with Gasteiger partial charge in [0.1, 0.15) is 18.0 Å². The molecule has 2 N–H and O–H groups in total. The molecule has 0 bridgehead atoms. The normalized spacial score (nSPS) is 10.2. The third kappa shape index (κ3) is 2.74. The molecular weight excluding hydrogens is 226 g/mol. The van der Waals surface area contributed by atoms with Crippen LogP contribution in [0.5, 0.6) is 0 Å². The highest BCUT2D eigenvalue weighted by Gasteiger charge is 2.03. The Hall–Kier alpha value is -2.17. The van der Waals surface area contributed by atoms with Gasteiger partial charge in [0.2, 0.25) is 0 Å². The maximum absolute atomic E-state index is 4.30. The lowest BCUT2D eigenvalue weighted by Gasteiger charge is -2.09. The Balaban J connectivity index is 2.16. The van der Waals surface area contributed by atoms with E-state index in [0.717, 1.165) is 35.1 Å². The van der Waals surface area contributed by atoms with Crippen molar-refractivity contribution in [1.82, 2.24) is 15.0 Å². The number of hydrogen-bond donors (Lipinski definition) is 2. The molecule has 0 aliphatic heterocycles. The predicted octanol–water partition coefficient (Wildman–Crippen LogP) is 2.66. The molecule has 2 aromatic heterocycles. The van der Waals surface area contributed by atoms with Gasteiger partial charge in [-0.15, -0.1) is 0 Å². The second-order valence-corrected chi connectivity index (χ2v) is 4.02. The molecule has 0 aromatic carbocycles. The number of aryl methyl sites for hydroxylation is 1. The van der Waals surface area contributed by atoms with Gasteiger partial charge in [-0.3, -0.25) is 0 Å². The number of nitrogens with one attached hydrogen (secondary N) is 2. The largest absolute Gasteiger partial charge is 0.370 e. The predicted molar refractivity (Wildman–Crippen MR) is 73.2 cm³/mol. The number of aromatic nitrogens is 3. The molecular formula is C13H17N5. The van der Waals surface area contributed by atoms with Gasteiger partial charge >= 0.3 is 0 Å². The summed E-state index contributed by atoms with van der Waals surface area (Å²) in [5.41, 5.74) is 2.94. The van der Waals surface area contributed by atoms with Crippen LogP contribution in [-0.4, -0.2) is 21.5 Å². The standard InChI is InChI=1S/C13H17N5/c1-4-14-12-6-5-11(7-15-12)18-13-9(2)10(3)16-8-17-13/h5-8H,4H2,1-3H3,(H,14,15)(H,16,17,18). The Morgan fingerprint density at radius 3 is 2.61 bits per heavy atom. The zero-order valence-electron chi connectivity index (χ0n) is 10.9. The highest BCUT2D eigenvalue weighted by atomic mass is 15.0. The minimum Gasteiger partial charge on any atom is -0.370 e. The Morgan fingerprint density at radius 1 is 1.11 bits per heavy atom. The molecule has 0 amide bonds. The van der Waals surface area contributed by atoms with E-state index < -0.39 is 0 Å². The summed E-state index contributed by atoms with van der Waals surface area (Å²) >= 11 is 0. The van der Waals surface area contributed by atoms with Crippen LogP contribution < -0.4 is 10.6 Å². The molecule has 0 spiro atoms. The smallest absolute Gasteiger partial charge is 0.136 e. The van der Waals surface area contributed by atoms with Crippen LogP contribution in [0.4, 0.5) is 17.3 Å². The quantitative estimate of drug-likeness (QED) is 0.864. The molecule has 0 aliphatic carbocycles. The summed E-state index contributed by atoms with van der Waals surface area (Å²) in [6, 6.07) is 3.91. The third-order valence-electron chi connectivity index (χ3n) is 2.72. The van der Waals surface area contributed by atoms with Crippen molar-refractivity contribution in [3.05, 3.63) is 35.9 Å². The summed E-state index contributed by atoms with van der Waals surface area (Å²) in [7, 11) is 0. The molecule has 0 saturated carbocycles. The topological polar surface area (TPSA) is 62.7 Å². The minimum absolute atomic E-state index is 0.820. The zero-order chi connectivity index (χ0) is 13.0. The Kier molecular flexibility index (Phi) is 3.72. The number of anilines is 3. The lowest BCUT2D eigenvalue weighted by Crippen LogP contribution is -2.02. The second-order valence-electron chi connectivity index (χ2n) is 4.02. The van der Waals surface area contributed by atoms with Gasteiger partial charge < -0.3 is 10.6 Å². The van der Waals surface area contributed by atoms with Crippen molar-refractivity contribution in [2.24, 2.45) is 0 Å². The van der Waals surface area contributed by atoms with E-state index in [2.05, 4.69) is 25.6 Å². The molecule has 0 fully saturated rings. The molecule has 0 radical (unpaired) electrons. The molecule has 2 rings (SSSR count). The summed E-state index contributed by atoms with van der Waals surface area (Å²) in [6.45, 7) is 6.87. The van der Waals surface area contributed by atoms with Crippen molar-refractivity contribution >= 4 is 17.3 Å². The van der Waals surface area contributed by atoms with Gasteiger partial charge in [0.05, 0.1) is 11.9 Å². The summed E-state index contributed by atoms with van der Waals surface area (Å²) in [5, 5.41) is 6.40. The van der Waals surface area contributed by atoms with Gasteiger partial charge in [-0.2, -0.15) is 0 Å². The van der Waals surface area contributed by atoms with E-state index in [-0.39, 0.29) is 0 Å². The van der Waals surface area contributed by atoms with Crippen LogP contribution >= 0.6 is 0 Å². The number of rotatable bonds is 4. The van der Waals surface area contributed by atoms with Gasteiger partial charge in [0, 0.05) is 17.8 Å². The van der Waals surface area contributed by atoms with Crippen molar-refractivity contribution < 1.29 is 0 Å². The highest BCUT2D eigenvalue weighted by molar-refractivity contribution is 5.59. The summed E-state index contributed by atoms with van der Waals surface area (Å²) in [4.78, 5) is 12.7. The van der Waals surface area contributed by atoms with E-state index in [0.29, 0.717) is 0 Å². The number of hydrogen-bond acceptors (Lipinski definition) is 5. The molecule has 0 aliphatic rings. The van der Waals surface area contributed by atoms with E-state index in [9.17, 15) is 0 Å². The fraction of sp³-hybridized carbons (Fsp3) is 0.308. The van der Waals surface area contributed by atoms with Crippen LogP contribution in [-0.2, 0) is 0 Å². The van der Waals surface area contributed by atoms with E-state index in [1.165, 1.54) is 0 Å². The lowest BCUT2D eigenvalue weighted by molar-refractivity contribution is 1.06. The van der Waals surface area contributed by atoms with Crippen molar-refractivity contribution in [1.29, 1.82) is 0 Å². The molecule has 5 heteroatoms. The van der Waals surface area contributed by atoms with E-state index >= 15 is 0 Å². The maximum atomic E-state index is 4.30. The summed E-state index contributed by atoms with van der Waals surface area (Å²) in [5.74, 6) is 1.69. The third-order valence-corrected chi connectivity index (χ3v) is 2.72. The van der Waals surface area contributed by atoms with Crippen LogP contribution in [0.15, 0.2) is 24.7 Å². The SMILES string of the molecule is CCNc1ccc(Nc2ncnc(C)c2C)cn1. The fourth-order valence-corrected chi connectivity index (χ4v) is 1.55. The van der Waals surface area contributed by atoms with Crippen molar-refractivity contribution in [2.75, 3.05) is 17.2 Å². The number of pyridine rings is 1. The van der Waals surface area contributed by atoms with Gasteiger partial charge in [-0.25, -0.2) is 15.0 Å². The van der Waals surface area contributed by atoms with Gasteiger partial charge in [0.25, 0.3) is 0 Å². The van der Waals surface area contributed by atoms with Crippen molar-refractivity contribution in [3.63, 3.8) is 0 Å². The zero-order valence-corrected chi connectivity index (χ0v) is 10.9. The van der Waals surface area contributed by atoms with Crippen LogP contribution in [0, 0.1) is 13.8 Å². The van der Waals surface area contributed by atoms with Crippen LogP contribution in [0.1, 0.15) is 18.2 Å². The summed E-state index contributed by atoms with van der Waals surface area (Å²) in [6.07, 6.45) is 3.35. The van der Waals surface area contributed by atoms with Gasteiger partial charge in [-0.05, 0) is 32.9 Å². The first kappa shape index (κ1) is 12.3. The lowest BCUT2D eigenvalue weighted by atomic mass is 10.2. The molecule has 5 nitrogen and oxygen atoms in total. The first-order valence-corrected chi connectivity index (χ1v) is 5.96. The van der Waals surface area contributed by atoms with Crippen LogP contribution in [0.2, 0.25) is 0 Å². The first-order valence-electron chi connectivity index (χ1n) is 5.96. The molecule has 2 heterocycles.